The van der Waals surface area contributed by atoms with E-state index in [4.69, 9.17) is 4.74 Å². The summed E-state index contributed by atoms with van der Waals surface area (Å²) in [4.78, 5) is 45.7. The molecular weight excluding hydrogens is 415 g/mol. The van der Waals surface area contributed by atoms with Gasteiger partial charge in [-0.3, -0.25) is 19.3 Å². The number of fused-ring (bicyclic) bond motifs is 1. The molecule has 0 atom stereocenters. The summed E-state index contributed by atoms with van der Waals surface area (Å²) < 4.78 is 19.2. The summed E-state index contributed by atoms with van der Waals surface area (Å²) in [5, 5.41) is 2.60. The van der Waals surface area contributed by atoms with E-state index in [0.29, 0.717) is 31.6 Å². The van der Waals surface area contributed by atoms with Crippen molar-refractivity contribution in [2.45, 2.75) is 75.8 Å². The van der Waals surface area contributed by atoms with E-state index in [9.17, 15) is 18.8 Å². The van der Waals surface area contributed by atoms with Crippen molar-refractivity contribution in [1.82, 2.24) is 9.88 Å². The predicted molar refractivity (Wildman–Crippen MR) is 117 cm³/mol. The molecule has 1 aromatic rings. The lowest BCUT2D eigenvalue weighted by Crippen LogP contribution is -2.60. The highest BCUT2D eigenvalue weighted by molar-refractivity contribution is 6.13. The molecule has 0 bridgehead atoms. The fraction of sp³-hybridized carbons (Fsp3) is 0.652. The molecule has 2 amide bonds. The van der Waals surface area contributed by atoms with Crippen molar-refractivity contribution in [2.24, 2.45) is 0 Å². The lowest BCUT2D eigenvalue weighted by atomic mass is 9.81. The maximum Gasteiger partial charge on any atom is 0.326 e. The van der Waals surface area contributed by atoms with E-state index in [1.807, 2.05) is 0 Å². The van der Waals surface area contributed by atoms with E-state index in [0.717, 1.165) is 44.7 Å². The fourth-order valence-corrected chi connectivity index (χ4v) is 5.52. The van der Waals surface area contributed by atoms with Gasteiger partial charge in [-0.1, -0.05) is 32.1 Å². The monoisotopic (exact) mass is 446 g/mol. The number of esters is 1. The van der Waals surface area contributed by atoms with Crippen LogP contribution in [0.3, 0.4) is 0 Å². The van der Waals surface area contributed by atoms with Gasteiger partial charge < -0.3 is 15.0 Å². The van der Waals surface area contributed by atoms with Crippen molar-refractivity contribution < 1.29 is 23.5 Å². The van der Waals surface area contributed by atoms with Crippen molar-refractivity contribution >= 4 is 29.3 Å². The number of pyridine rings is 1. The van der Waals surface area contributed by atoms with E-state index in [1.165, 1.54) is 24.5 Å². The van der Waals surface area contributed by atoms with Crippen LogP contribution in [0.2, 0.25) is 0 Å². The molecule has 1 N–H and O–H groups in total. The molecule has 0 aromatic carbocycles. The Morgan fingerprint density at radius 3 is 2.47 bits per heavy atom. The molecule has 0 unspecified atom stereocenters. The topological polar surface area (TPSA) is 91.8 Å². The second-order valence-electron chi connectivity index (χ2n) is 9.02. The van der Waals surface area contributed by atoms with Crippen LogP contribution in [0.1, 0.15) is 64.2 Å². The summed E-state index contributed by atoms with van der Waals surface area (Å²) in [6.07, 6.45) is 8.96. The quantitative estimate of drug-likeness (QED) is 0.567. The average molecular weight is 447 g/mol. The molecule has 4 rings (SSSR count). The first-order valence-electron chi connectivity index (χ1n) is 11.6. The Bertz CT molecular complexity index is 877. The van der Waals surface area contributed by atoms with Gasteiger partial charge in [0.1, 0.15) is 17.8 Å². The zero-order valence-electron chi connectivity index (χ0n) is 18.6. The number of piperidine rings is 1. The minimum atomic E-state index is -0.619. The minimum Gasteiger partial charge on any atom is -0.468 e. The number of halogens is 1. The van der Waals surface area contributed by atoms with Gasteiger partial charge in [0.2, 0.25) is 11.8 Å². The average Bonchev–Trinajstić information content (AvgIpc) is 2.88. The molecule has 8 nitrogen and oxygen atoms in total. The number of hydrogen-bond acceptors (Lipinski definition) is 6. The number of nitrogens with one attached hydrogen (secondary N) is 1. The molecule has 9 heteroatoms. The van der Waals surface area contributed by atoms with E-state index in [-0.39, 0.29) is 30.2 Å². The number of amides is 2. The third-order valence-electron chi connectivity index (χ3n) is 7.11. The van der Waals surface area contributed by atoms with Gasteiger partial charge in [-0.05, 0) is 25.7 Å². The van der Waals surface area contributed by atoms with Crippen LogP contribution in [0.4, 0.5) is 15.9 Å². The van der Waals surface area contributed by atoms with Gasteiger partial charge in [0.15, 0.2) is 5.82 Å². The number of hydrogen-bond donors (Lipinski definition) is 1. The Kier molecular flexibility index (Phi) is 6.74. The van der Waals surface area contributed by atoms with Gasteiger partial charge in [0, 0.05) is 25.2 Å². The number of rotatable bonds is 3. The summed E-state index contributed by atoms with van der Waals surface area (Å²) in [5.74, 6) is -1.34. The number of methoxy groups -OCH3 is 1. The van der Waals surface area contributed by atoms with Crippen LogP contribution < -0.4 is 10.2 Å². The number of anilines is 2. The van der Waals surface area contributed by atoms with Crippen LogP contribution in [-0.4, -0.2) is 59.4 Å². The van der Waals surface area contributed by atoms with Crippen LogP contribution in [-0.2, 0) is 19.1 Å². The van der Waals surface area contributed by atoms with Crippen molar-refractivity contribution in [3.63, 3.8) is 0 Å². The Morgan fingerprint density at radius 2 is 1.81 bits per heavy atom. The minimum absolute atomic E-state index is 0.171. The van der Waals surface area contributed by atoms with Crippen molar-refractivity contribution in [3.05, 3.63) is 18.1 Å². The molecule has 174 valence electrons. The zero-order chi connectivity index (χ0) is 22.7. The lowest BCUT2D eigenvalue weighted by Gasteiger charge is -2.47. The summed E-state index contributed by atoms with van der Waals surface area (Å²) in [5.41, 5.74) is -0.320. The van der Waals surface area contributed by atoms with Crippen LogP contribution in [0.15, 0.2) is 12.3 Å². The van der Waals surface area contributed by atoms with E-state index in [2.05, 4.69) is 15.2 Å². The molecule has 1 aromatic heterocycles. The van der Waals surface area contributed by atoms with Crippen LogP contribution in [0, 0.1) is 5.82 Å². The highest BCUT2D eigenvalue weighted by atomic mass is 19.1. The van der Waals surface area contributed by atoms with Gasteiger partial charge in [0.05, 0.1) is 19.0 Å². The number of carbonyl (C=O) groups excluding carboxylic acids is 3. The van der Waals surface area contributed by atoms with Gasteiger partial charge in [-0.2, -0.15) is 0 Å². The van der Waals surface area contributed by atoms with Crippen molar-refractivity contribution in [3.8, 4) is 0 Å². The second kappa shape index (κ2) is 9.52. The second-order valence-corrected chi connectivity index (χ2v) is 9.02. The first-order chi connectivity index (χ1) is 15.4. The molecule has 3 heterocycles. The number of ether oxygens (including phenoxy) is 1. The smallest absolute Gasteiger partial charge is 0.326 e. The number of carbonyl (C=O) groups is 3. The largest absolute Gasteiger partial charge is 0.468 e. The highest BCUT2D eigenvalue weighted by Crippen LogP contribution is 2.38. The molecule has 2 aliphatic heterocycles. The molecule has 1 aliphatic carbocycles. The normalized spacial score (nSPS) is 22.9. The fourth-order valence-electron chi connectivity index (χ4n) is 5.52. The van der Waals surface area contributed by atoms with Gasteiger partial charge in [-0.15, -0.1) is 0 Å². The van der Waals surface area contributed by atoms with E-state index < -0.39 is 17.3 Å². The van der Waals surface area contributed by atoms with Crippen LogP contribution in [0.25, 0.3) is 0 Å². The summed E-state index contributed by atoms with van der Waals surface area (Å²) >= 11 is 0. The molecule has 0 radical (unpaired) electrons. The maximum atomic E-state index is 14.0. The molecule has 2 fully saturated rings. The van der Waals surface area contributed by atoms with E-state index >= 15 is 0 Å². The molecule has 32 heavy (non-hydrogen) atoms. The predicted octanol–water partition coefficient (Wildman–Crippen LogP) is 3.02. The standard InChI is InChI=1S/C23H31FN4O4/c1-32-22(31)23(9-5-3-2-4-6-10-23)27-11-7-17(8-12-27)28-18-13-16(24)15-25-21(18)26-19(29)14-20(28)30/h13,15,17H,2-12,14H2,1H3,(H,25,26,29). The molecule has 1 saturated carbocycles. The number of aromatic nitrogens is 1. The first kappa shape index (κ1) is 22.6. The number of likely N-dealkylation sites (tertiary alicyclic amines) is 1. The Labute approximate surface area is 187 Å². The highest BCUT2D eigenvalue weighted by Gasteiger charge is 2.46. The third kappa shape index (κ3) is 4.35. The molecule has 0 spiro atoms. The Morgan fingerprint density at radius 1 is 1.16 bits per heavy atom. The molecular formula is C23H31FN4O4. The lowest BCUT2D eigenvalue weighted by molar-refractivity contribution is -0.158. The Hall–Kier alpha value is -2.55. The molecule has 3 aliphatic rings. The maximum absolute atomic E-state index is 14.0. The van der Waals surface area contributed by atoms with E-state index in [1.54, 1.807) is 0 Å². The van der Waals surface area contributed by atoms with Crippen LogP contribution >= 0.6 is 0 Å². The van der Waals surface area contributed by atoms with Gasteiger partial charge in [0.25, 0.3) is 0 Å². The van der Waals surface area contributed by atoms with Crippen LogP contribution in [0.5, 0.6) is 0 Å². The zero-order valence-corrected chi connectivity index (χ0v) is 18.6. The van der Waals surface area contributed by atoms with Crippen molar-refractivity contribution in [1.29, 1.82) is 0 Å². The van der Waals surface area contributed by atoms with Crippen molar-refractivity contribution in [2.75, 3.05) is 30.4 Å². The van der Waals surface area contributed by atoms with Gasteiger partial charge >= 0.3 is 5.97 Å². The first-order valence-corrected chi connectivity index (χ1v) is 11.6. The molecule has 1 saturated heterocycles. The summed E-state index contributed by atoms with van der Waals surface area (Å²) in [6, 6.07) is 1.06. The SMILES string of the molecule is COC(=O)C1(N2CCC(N3C(=O)CC(=O)Nc4ncc(F)cc43)CC2)CCCCCCC1. The Balaban J connectivity index is 1.56. The summed E-state index contributed by atoms with van der Waals surface area (Å²) in [6.45, 7) is 1.26. The number of nitrogens with zero attached hydrogens (tertiary/aromatic N) is 3. The van der Waals surface area contributed by atoms with Gasteiger partial charge in [-0.25, -0.2) is 9.37 Å². The third-order valence-corrected chi connectivity index (χ3v) is 7.11. The summed E-state index contributed by atoms with van der Waals surface area (Å²) in [7, 11) is 1.45.